The van der Waals surface area contributed by atoms with Gasteiger partial charge in [-0.3, -0.25) is 20.4 Å². The molecule has 2 aliphatic carbocycles. The highest BCUT2D eigenvalue weighted by atomic mass is 16.4. The van der Waals surface area contributed by atoms with Crippen LogP contribution >= 0.6 is 0 Å². The van der Waals surface area contributed by atoms with Crippen molar-refractivity contribution in [1.82, 2.24) is 10.9 Å². The van der Waals surface area contributed by atoms with E-state index in [2.05, 4.69) is 31.6 Å². The number of fused-ring (bicyclic) bond motifs is 2. The second-order valence-corrected chi connectivity index (χ2v) is 8.47. The van der Waals surface area contributed by atoms with Gasteiger partial charge in [0.05, 0.1) is 5.92 Å². The quantitative estimate of drug-likeness (QED) is 0.793. The molecule has 1 aromatic carbocycles. The van der Waals surface area contributed by atoms with Crippen LogP contribution in [0.15, 0.2) is 24.3 Å². The second kappa shape index (κ2) is 6.74. The lowest BCUT2D eigenvalue weighted by molar-refractivity contribution is -0.314. The number of benzene rings is 1. The van der Waals surface area contributed by atoms with E-state index in [0.717, 1.165) is 24.8 Å². The molecule has 2 fully saturated rings. The van der Waals surface area contributed by atoms with Crippen LogP contribution in [0.25, 0.3) is 0 Å². The Kier molecular flexibility index (Phi) is 4.78. The molecule has 2 bridgehead atoms. The van der Waals surface area contributed by atoms with Crippen LogP contribution < -0.4 is 16.0 Å². The van der Waals surface area contributed by atoms with E-state index >= 15 is 0 Å². The highest BCUT2D eigenvalue weighted by Crippen LogP contribution is 2.52. The Balaban J connectivity index is 1.61. The minimum atomic E-state index is -1.17. The molecule has 2 aliphatic rings. The normalized spacial score (nSPS) is 27.2. The number of nitrogens with one attached hydrogen (secondary N) is 2. The molecule has 0 aromatic heterocycles. The number of amides is 2. The maximum absolute atomic E-state index is 12.5. The Hall–Kier alpha value is -2.37. The van der Waals surface area contributed by atoms with Gasteiger partial charge < -0.3 is 9.90 Å². The predicted molar refractivity (Wildman–Crippen MR) is 93.6 cm³/mol. The average Bonchev–Trinajstić information content (AvgIpc) is 3.19. The van der Waals surface area contributed by atoms with Gasteiger partial charge in [0, 0.05) is 17.5 Å². The topological polar surface area (TPSA) is 98.3 Å². The average molecular weight is 357 g/mol. The van der Waals surface area contributed by atoms with Gasteiger partial charge in [-0.15, -0.1) is 0 Å². The summed E-state index contributed by atoms with van der Waals surface area (Å²) < 4.78 is 0. The van der Waals surface area contributed by atoms with Crippen LogP contribution in [0.5, 0.6) is 0 Å². The minimum absolute atomic E-state index is 0.00904. The molecule has 4 atom stereocenters. The van der Waals surface area contributed by atoms with Gasteiger partial charge in [-0.25, -0.2) is 0 Å². The third-order valence-electron chi connectivity index (χ3n) is 5.80. The van der Waals surface area contributed by atoms with Crippen molar-refractivity contribution in [2.45, 2.75) is 45.4 Å². The van der Waals surface area contributed by atoms with Crippen molar-refractivity contribution in [2.75, 3.05) is 0 Å². The summed E-state index contributed by atoms with van der Waals surface area (Å²) >= 11 is 0. The Bertz CT molecular complexity index is 720. The number of carboxylic acids is 1. The molecule has 6 heteroatoms. The lowest BCUT2D eigenvalue weighted by Gasteiger charge is -2.30. The summed E-state index contributed by atoms with van der Waals surface area (Å²) in [5, 5.41) is 11.4. The fourth-order valence-corrected chi connectivity index (χ4v) is 4.40. The van der Waals surface area contributed by atoms with E-state index < -0.39 is 29.6 Å². The molecule has 1 aromatic rings. The number of hydrazine groups is 1. The number of hydrogen-bond donors (Lipinski definition) is 2. The summed E-state index contributed by atoms with van der Waals surface area (Å²) in [6.45, 7) is 6.27. The number of carbonyl (C=O) groups excluding carboxylic acids is 3. The number of hydrogen-bond acceptors (Lipinski definition) is 4. The maximum atomic E-state index is 12.5. The molecule has 3 rings (SSSR count). The standard InChI is InChI=1S/C20H26N2O4/c1-20(2,3)14-8-6-11(7-9-14)17(23)21-22-18(24)15-12-4-5-13(10-12)16(15)19(25)26/h6-9,12-13,15-16H,4-5,10H2,1-3H3,(H,21,23)(H,22,24)(H,25,26)/p-1/t12-,13-,15-,16-/m0/s1. The van der Waals surface area contributed by atoms with E-state index in [4.69, 9.17) is 0 Å². The number of rotatable bonds is 3. The van der Waals surface area contributed by atoms with Gasteiger partial charge in [0.1, 0.15) is 0 Å². The van der Waals surface area contributed by atoms with Crippen molar-refractivity contribution in [3.05, 3.63) is 35.4 Å². The van der Waals surface area contributed by atoms with E-state index in [1.807, 2.05) is 12.1 Å². The number of carboxylic acid groups (broad SMARTS) is 1. The Morgan fingerprint density at radius 2 is 1.54 bits per heavy atom. The molecule has 0 spiro atoms. The minimum Gasteiger partial charge on any atom is -0.550 e. The SMILES string of the molecule is CC(C)(C)c1ccc(C(=O)NNC(=O)[C@H]2[C@H]3CC[C@@H](C3)[C@@H]2C(=O)[O-])cc1. The highest BCUT2D eigenvalue weighted by molar-refractivity contribution is 5.96. The summed E-state index contributed by atoms with van der Waals surface area (Å²) in [4.78, 5) is 36.1. The summed E-state index contributed by atoms with van der Waals surface area (Å²) in [7, 11) is 0. The zero-order valence-electron chi connectivity index (χ0n) is 15.4. The molecule has 140 valence electrons. The molecule has 26 heavy (non-hydrogen) atoms. The predicted octanol–water partition coefficient (Wildman–Crippen LogP) is 1.16. The van der Waals surface area contributed by atoms with Crippen LogP contribution in [-0.2, 0) is 15.0 Å². The third kappa shape index (κ3) is 3.45. The summed E-state index contributed by atoms with van der Waals surface area (Å²) in [6.07, 6.45) is 2.44. The third-order valence-corrected chi connectivity index (χ3v) is 5.80. The molecule has 0 unspecified atom stereocenters. The van der Waals surface area contributed by atoms with Crippen molar-refractivity contribution >= 4 is 17.8 Å². The molecule has 2 saturated carbocycles. The van der Waals surface area contributed by atoms with Gasteiger partial charge in [0.2, 0.25) is 5.91 Å². The van der Waals surface area contributed by atoms with Crippen LogP contribution in [0.3, 0.4) is 0 Å². The molecule has 2 N–H and O–H groups in total. The molecule has 6 nitrogen and oxygen atoms in total. The molecular weight excluding hydrogens is 332 g/mol. The zero-order valence-corrected chi connectivity index (χ0v) is 15.4. The lowest BCUT2D eigenvalue weighted by atomic mass is 9.79. The molecule has 0 heterocycles. The van der Waals surface area contributed by atoms with Gasteiger partial charge in [0.15, 0.2) is 0 Å². The van der Waals surface area contributed by atoms with Crippen molar-refractivity contribution < 1.29 is 19.5 Å². The first-order chi connectivity index (χ1) is 12.2. The lowest BCUT2D eigenvalue weighted by Crippen LogP contribution is -2.50. The monoisotopic (exact) mass is 357 g/mol. The maximum Gasteiger partial charge on any atom is 0.269 e. The van der Waals surface area contributed by atoms with Crippen molar-refractivity contribution in [1.29, 1.82) is 0 Å². The van der Waals surface area contributed by atoms with Crippen LogP contribution in [-0.4, -0.2) is 17.8 Å². The van der Waals surface area contributed by atoms with E-state index in [9.17, 15) is 19.5 Å². The Labute approximate surface area is 153 Å². The molecule has 0 saturated heterocycles. The summed E-state index contributed by atoms with van der Waals surface area (Å²) in [6, 6.07) is 7.20. The van der Waals surface area contributed by atoms with Crippen LogP contribution in [0, 0.1) is 23.7 Å². The Morgan fingerprint density at radius 1 is 0.962 bits per heavy atom. The van der Waals surface area contributed by atoms with Crippen LogP contribution in [0.2, 0.25) is 0 Å². The Morgan fingerprint density at radius 3 is 2.08 bits per heavy atom. The van der Waals surface area contributed by atoms with Gasteiger partial charge in [-0.05, 0) is 54.2 Å². The van der Waals surface area contributed by atoms with E-state index in [1.54, 1.807) is 12.1 Å². The molecule has 2 amide bonds. The molecular formula is C20H25N2O4-. The van der Waals surface area contributed by atoms with Gasteiger partial charge in [0.25, 0.3) is 5.91 Å². The van der Waals surface area contributed by atoms with Crippen molar-refractivity contribution in [3.63, 3.8) is 0 Å². The number of carbonyl (C=O) groups is 3. The fraction of sp³-hybridized carbons (Fsp3) is 0.550. The first kappa shape index (κ1) is 18.4. The zero-order chi connectivity index (χ0) is 19.1. The van der Waals surface area contributed by atoms with Crippen LogP contribution in [0.4, 0.5) is 0 Å². The number of aliphatic carboxylic acids is 1. The van der Waals surface area contributed by atoms with Gasteiger partial charge in [-0.1, -0.05) is 32.9 Å². The van der Waals surface area contributed by atoms with E-state index in [0.29, 0.717) is 5.56 Å². The smallest absolute Gasteiger partial charge is 0.269 e. The van der Waals surface area contributed by atoms with Crippen LogP contribution in [0.1, 0.15) is 56.0 Å². The molecule has 0 aliphatic heterocycles. The summed E-state index contributed by atoms with van der Waals surface area (Å²) in [5.74, 6) is -3.33. The van der Waals surface area contributed by atoms with Gasteiger partial charge >= 0.3 is 0 Å². The van der Waals surface area contributed by atoms with Crippen molar-refractivity contribution in [2.24, 2.45) is 23.7 Å². The van der Waals surface area contributed by atoms with E-state index in [1.165, 1.54) is 0 Å². The first-order valence-electron chi connectivity index (χ1n) is 9.10. The second-order valence-electron chi connectivity index (χ2n) is 8.47. The summed E-state index contributed by atoms with van der Waals surface area (Å²) in [5.41, 5.74) is 6.34. The first-order valence-corrected chi connectivity index (χ1v) is 9.10. The fourth-order valence-electron chi connectivity index (χ4n) is 4.40. The molecule has 0 radical (unpaired) electrons. The van der Waals surface area contributed by atoms with Gasteiger partial charge in [-0.2, -0.15) is 0 Å². The largest absolute Gasteiger partial charge is 0.550 e. The van der Waals surface area contributed by atoms with Crippen molar-refractivity contribution in [3.8, 4) is 0 Å². The van der Waals surface area contributed by atoms with E-state index in [-0.39, 0.29) is 17.3 Å². The highest BCUT2D eigenvalue weighted by Gasteiger charge is 2.51.